The van der Waals surface area contributed by atoms with Crippen LogP contribution in [0.1, 0.15) is 5.56 Å². The van der Waals surface area contributed by atoms with Gasteiger partial charge in [-0.15, -0.1) is 10.2 Å². The fraction of sp³-hybridized carbons (Fsp3) is 0.0909. The molecule has 1 aromatic carbocycles. The minimum absolute atomic E-state index is 0.0794. The van der Waals surface area contributed by atoms with Crippen LogP contribution in [0.5, 0.6) is 0 Å². The molecule has 0 saturated carbocycles. The first-order chi connectivity index (χ1) is 8.38. The summed E-state index contributed by atoms with van der Waals surface area (Å²) >= 11 is 11.4. The Morgan fingerprint density at radius 3 is 2.33 bits per heavy atom. The molecule has 0 atom stereocenters. The number of benzene rings is 1. The van der Waals surface area contributed by atoms with Crippen molar-refractivity contribution in [2.24, 2.45) is 0 Å². The van der Waals surface area contributed by atoms with Gasteiger partial charge >= 0.3 is 6.18 Å². The second-order valence-electron chi connectivity index (χ2n) is 3.44. The molecule has 0 fully saturated rings. The number of rotatable bonds is 1. The Hall–Kier alpha value is -1.33. The molecule has 0 spiro atoms. The third-order valence-electron chi connectivity index (χ3n) is 2.18. The standard InChI is InChI=1S/C11H5Cl2F3N2/c12-8-5-9(13)17-18-10(8)6-2-1-3-7(4-6)11(14,15)16/h1-5H. The van der Waals surface area contributed by atoms with E-state index in [1.165, 1.54) is 18.2 Å². The molecule has 0 aliphatic rings. The van der Waals surface area contributed by atoms with E-state index in [-0.39, 0.29) is 21.4 Å². The highest BCUT2D eigenvalue weighted by Gasteiger charge is 2.30. The van der Waals surface area contributed by atoms with Gasteiger partial charge in [0.25, 0.3) is 0 Å². The Labute approximate surface area is 110 Å². The van der Waals surface area contributed by atoms with Gasteiger partial charge in [0.1, 0.15) is 5.69 Å². The van der Waals surface area contributed by atoms with Crippen LogP contribution in [0.4, 0.5) is 13.2 Å². The molecular weight excluding hydrogens is 288 g/mol. The van der Waals surface area contributed by atoms with Crippen LogP contribution in [0.3, 0.4) is 0 Å². The Morgan fingerprint density at radius 2 is 1.72 bits per heavy atom. The Bertz CT molecular complexity index is 585. The van der Waals surface area contributed by atoms with Gasteiger partial charge in [0.05, 0.1) is 10.6 Å². The normalized spacial score (nSPS) is 11.6. The van der Waals surface area contributed by atoms with Gasteiger partial charge in [-0.25, -0.2) is 0 Å². The maximum atomic E-state index is 12.6. The van der Waals surface area contributed by atoms with Crippen LogP contribution >= 0.6 is 23.2 Å². The topological polar surface area (TPSA) is 25.8 Å². The third-order valence-corrected chi connectivity index (χ3v) is 2.65. The molecule has 0 saturated heterocycles. The average Bonchev–Trinajstić information content (AvgIpc) is 2.28. The number of nitrogens with zero attached hydrogens (tertiary/aromatic N) is 2. The predicted octanol–water partition coefficient (Wildman–Crippen LogP) is 4.47. The maximum absolute atomic E-state index is 12.6. The van der Waals surface area contributed by atoms with Crippen LogP contribution in [-0.2, 0) is 6.18 Å². The lowest BCUT2D eigenvalue weighted by Gasteiger charge is -2.08. The fourth-order valence-corrected chi connectivity index (χ4v) is 1.84. The smallest absolute Gasteiger partial charge is 0.166 e. The van der Waals surface area contributed by atoms with E-state index in [0.717, 1.165) is 12.1 Å². The first-order valence-corrected chi connectivity index (χ1v) is 5.50. The summed E-state index contributed by atoms with van der Waals surface area (Å²) in [4.78, 5) is 0. The fourth-order valence-electron chi connectivity index (χ4n) is 1.39. The van der Waals surface area contributed by atoms with Gasteiger partial charge < -0.3 is 0 Å². The van der Waals surface area contributed by atoms with Crippen LogP contribution < -0.4 is 0 Å². The SMILES string of the molecule is FC(F)(F)c1cccc(-c2nnc(Cl)cc2Cl)c1. The monoisotopic (exact) mass is 292 g/mol. The molecule has 0 radical (unpaired) electrons. The molecule has 1 heterocycles. The Balaban J connectivity index is 2.51. The summed E-state index contributed by atoms with van der Waals surface area (Å²) in [5.74, 6) is 0. The van der Waals surface area contributed by atoms with Crippen LogP contribution in [0.25, 0.3) is 11.3 Å². The molecule has 0 aliphatic carbocycles. The Kier molecular flexibility index (Phi) is 3.45. The lowest BCUT2D eigenvalue weighted by molar-refractivity contribution is -0.137. The van der Waals surface area contributed by atoms with Crippen LogP contribution in [0, 0.1) is 0 Å². The van der Waals surface area contributed by atoms with Crippen molar-refractivity contribution in [3.63, 3.8) is 0 Å². The molecule has 0 amide bonds. The summed E-state index contributed by atoms with van der Waals surface area (Å²) in [6.07, 6.45) is -4.41. The molecule has 94 valence electrons. The van der Waals surface area contributed by atoms with E-state index in [1.54, 1.807) is 0 Å². The highest BCUT2D eigenvalue weighted by Crippen LogP contribution is 2.33. The van der Waals surface area contributed by atoms with Gasteiger partial charge in [-0.3, -0.25) is 0 Å². The van der Waals surface area contributed by atoms with Crippen molar-refractivity contribution in [2.75, 3.05) is 0 Å². The van der Waals surface area contributed by atoms with Gasteiger partial charge in [-0.05, 0) is 18.2 Å². The van der Waals surface area contributed by atoms with E-state index in [9.17, 15) is 13.2 Å². The molecule has 0 bridgehead atoms. The molecule has 1 aromatic heterocycles. The molecule has 2 aromatic rings. The van der Waals surface area contributed by atoms with E-state index in [2.05, 4.69) is 10.2 Å². The number of halogens is 5. The van der Waals surface area contributed by atoms with Crippen molar-refractivity contribution in [3.05, 3.63) is 46.1 Å². The second kappa shape index (κ2) is 4.74. The largest absolute Gasteiger partial charge is 0.416 e. The molecule has 0 aliphatic heterocycles. The van der Waals surface area contributed by atoms with Gasteiger partial charge in [-0.1, -0.05) is 35.3 Å². The maximum Gasteiger partial charge on any atom is 0.416 e. The van der Waals surface area contributed by atoms with Crippen LogP contribution in [-0.4, -0.2) is 10.2 Å². The molecule has 2 nitrogen and oxygen atoms in total. The van der Waals surface area contributed by atoms with Crippen molar-refractivity contribution in [2.45, 2.75) is 6.18 Å². The number of aromatic nitrogens is 2. The summed E-state index contributed by atoms with van der Waals surface area (Å²) in [6.45, 7) is 0. The minimum Gasteiger partial charge on any atom is -0.166 e. The van der Waals surface area contributed by atoms with Crippen molar-refractivity contribution < 1.29 is 13.2 Å². The molecule has 7 heteroatoms. The molecular formula is C11H5Cl2F3N2. The second-order valence-corrected chi connectivity index (χ2v) is 4.24. The van der Waals surface area contributed by atoms with Crippen molar-refractivity contribution in [1.82, 2.24) is 10.2 Å². The summed E-state index contributed by atoms with van der Waals surface area (Å²) in [7, 11) is 0. The van der Waals surface area contributed by atoms with Crippen LogP contribution in [0.2, 0.25) is 10.2 Å². The van der Waals surface area contributed by atoms with Crippen molar-refractivity contribution in [3.8, 4) is 11.3 Å². The average molecular weight is 293 g/mol. The third kappa shape index (κ3) is 2.73. The summed E-state index contributed by atoms with van der Waals surface area (Å²) in [5.41, 5.74) is -0.376. The van der Waals surface area contributed by atoms with Gasteiger partial charge in [0.15, 0.2) is 5.15 Å². The quantitative estimate of drug-likeness (QED) is 0.775. The van der Waals surface area contributed by atoms with Gasteiger partial charge in [0, 0.05) is 5.56 Å². The zero-order valence-corrected chi connectivity index (χ0v) is 10.2. The lowest BCUT2D eigenvalue weighted by atomic mass is 10.1. The van der Waals surface area contributed by atoms with Crippen LogP contribution in [0.15, 0.2) is 30.3 Å². The molecule has 0 unspecified atom stereocenters. The van der Waals surface area contributed by atoms with E-state index in [0.29, 0.717) is 0 Å². The van der Waals surface area contributed by atoms with E-state index in [1.807, 2.05) is 0 Å². The lowest BCUT2D eigenvalue weighted by Crippen LogP contribution is -2.04. The number of alkyl halides is 3. The number of hydrogen-bond acceptors (Lipinski definition) is 2. The molecule has 0 N–H and O–H groups in total. The highest BCUT2D eigenvalue weighted by atomic mass is 35.5. The van der Waals surface area contributed by atoms with E-state index < -0.39 is 11.7 Å². The summed E-state index contributed by atoms with van der Waals surface area (Å²) in [5, 5.41) is 7.47. The van der Waals surface area contributed by atoms with E-state index >= 15 is 0 Å². The van der Waals surface area contributed by atoms with Gasteiger partial charge in [-0.2, -0.15) is 13.2 Å². The summed E-state index contributed by atoms with van der Waals surface area (Å²) in [6, 6.07) is 6.01. The number of hydrogen-bond donors (Lipinski definition) is 0. The minimum atomic E-state index is -4.41. The molecule has 2 rings (SSSR count). The molecule has 18 heavy (non-hydrogen) atoms. The van der Waals surface area contributed by atoms with Gasteiger partial charge in [0.2, 0.25) is 0 Å². The summed E-state index contributed by atoms with van der Waals surface area (Å²) < 4.78 is 37.7. The van der Waals surface area contributed by atoms with E-state index in [4.69, 9.17) is 23.2 Å². The van der Waals surface area contributed by atoms with Crippen molar-refractivity contribution >= 4 is 23.2 Å². The zero-order chi connectivity index (χ0) is 13.3. The first-order valence-electron chi connectivity index (χ1n) is 4.74. The highest BCUT2D eigenvalue weighted by molar-refractivity contribution is 6.35. The predicted molar refractivity (Wildman–Crippen MR) is 62.5 cm³/mol. The zero-order valence-electron chi connectivity index (χ0n) is 8.67. The Morgan fingerprint density at radius 1 is 1.00 bits per heavy atom. The van der Waals surface area contributed by atoms with Crippen molar-refractivity contribution in [1.29, 1.82) is 0 Å². The first kappa shape index (κ1) is 13.1.